The molecule has 2 heterocycles. The number of hydrogen-bond donors (Lipinski definition) is 0. The number of rotatable bonds is 12. The zero-order valence-electron chi connectivity index (χ0n) is 29.0. The van der Waals surface area contributed by atoms with Gasteiger partial charge in [0, 0.05) is 0 Å². The number of aromatic nitrogens is 1. The number of nitrogens with zero attached hydrogens (tertiary/aromatic N) is 2. The van der Waals surface area contributed by atoms with E-state index in [1.807, 2.05) is 63.2 Å². The summed E-state index contributed by atoms with van der Waals surface area (Å²) in [7, 11) is 1.56. The van der Waals surface area contributed by atoms with Gasteiger partial charge in [0.2, 0.25) is 0 Å². The first kappa shape index (κ1) is 34.5. The second-order valence-electron chi connectivity index (χ2n) is 11.9. The molecule has 0 spiro atoms. The Morgan fingerprint density at radius 2 is 1.70 bits per heavy atom. The summed E-state index contributed by atoms with van der Waals surface area (Å²) in [5, 5.41) is 2.29. The number of ether oxygens (including phenoxy) is 5. The average molecular weight is 693 g/mol. The first-order chi connectivity index (χ1) is 24.2. The van der Waals surface area contributed by atoms with Crippen molar-refractivity contribution in [2.24, 2.45) is 4.99 Å². The third kappa shape index (κ3) is 7.02. The van der Waals surface area contributed by atoms with Gasteiger partial charge in [0.05, 0.1) is 48.3 Å². The van der Waals surface area contributed by atoms with Gasteiger partial charge in [-0.2, -0.15) is 0 Å². The first-order valence-corrected chi connectivity index (χ1v) is 17.4. The molecule has 1 atom stereocenters. The van der Waals surface area contributed by atoms with Crippen molar-refractivity contribution in [1.29, 1.82) is 0 Å². The molecular formula is C40H40N2O7S. The Bertz CT molecular complexity index is 2260. The van der Waals surface area contributed by atoms with E-state index in [0.29, 0.717) is 56.8 Å². The number of esters is 1. The van der Waals surface area contributed by atoms with Crippen LogP contribution in [0, 0.1) is 0 Å². The van der Waals surface area contributed by atoms with E-state index < -0.39 is 12.0 Å². The molecule has 0 N–H and O–H groups in total. The molecule has 1 aromatic heterocycles. The molecule has 9 nitrogen and oxygen atoms in total. The second-order valence-corrected chi connectivity index (χ2v) is 13.0. The molecule has 4 aromatic carbocycles. The Hall–Kier alpha value is -5.35. The molecule has 6 rings (SSSR count). The lowest BCUT2D eigenvalue weighted by atomic mass is 9.95. The summed E-state index contributed by atoms with van der Waals surface area (Å²) in [5.41, 5.74) is 2.97. The van der Waals surface area contributed by atoms with Gasteiger partial charge in [-0.15, -0.1) is 0 Å². The first-order valence-electron chi connectivity index (χ1n) is 16.6. The number of carbonyl (C=O) groups excluding carboxylic acids is 1. The Morgan fingerprint density at radius 1 is 0.920 bits per heavy atom. The minimum absolute atomic E-state index is 0.0715. The maximum absolute atomic E-state index is 14.2. The quantitative estimate of drug-likeness (QED) is 0.134. The zero-order chi connectivity index (χ0) is 35.4. The van der Waals surface area contributed by atoms with Crippen LogP contribution in [0.5, 0.6) is 23.0 Å². The van der Waals surface area contributed by atoms with Gasteiger partial charge in [-0.1, -0.05) is 65.9 Å². The number of allylic oxidation sites excluding steroid dienone is 1. The van der Waals surface area contributed by atoms with E-state index in [4.69, 9.17) is 28.7 Å². The Labute approximate surface area is 294 Å². The standard InChI is InChI=1S/C40H40N2O7S/c1-7-46-34-20-26(16-18-31(34)48-23-29-14-11-13-27-12-9-10-15-30(27)29)21-35-38(43)42-37(28-17-19-32(49-24(3)4)33(22-28)45-6)36(39(44)47-8-2)25(5)41-40(42)50-35/h9-22,24,37H,7-8,23H2,1-6H3/b35-21-/t37-/m1/s1. The van der Waals surface area contributed by atoms with Crippen LogP contribution in [0.4, 0.5) is 0 Å². The minimum atomic E-state index is -0.793. The third-order valence-electron chi connectivity index (χ3n) is 8.21. The lowest BCUT2D eigenvalue weighted by Crippen LogP contribution is -2.40. The Kier molecular flexibility index (Phi) is 10.4. The molecule has 0 fully saturated rings. The largest absolute Gasteiger partial charge is 0.493 e. The highest BCUT2D eigenvalue weighted by atomic mass is 32.1. The van der Waals surface area contributed by atoms with Gasteiger partial charge in [-0.3, -0.25) is 9.36 Å². The van der Waals surface area contributed by atoms with Gasteiger partial charge in [0.25, 0.3) is 5.56 Å². The highest BCUT2D eigenvalue weighted by Gasteiger charge is 2.34. The van der Waals surface area contributed by atoms with Crippen molar-refractivity contribution in [3.8, 4) is 23.0 Å². The van der Waals surface area contributed by atoms with E-state index in [0.717, 1.165) is 21.9 Å². The van der Waals surface area contributed by atoms with E-state index in [-0.39, 0.29) is 23.8 Å². The summed E-state index contributed by atoms with van der Waals surface area (Å²) in [5.74, 6) is 1.69. The van der Waals surface area contributed by atoms with Crippen molar-refractivity contribution in [1.82, 2.24) is 4.57 Å². The zero-order valence-corrected chi connectivity index (χ0v) is 29.8. The molecule has 0 saturated heterocycles. The summed E-state index contributed by atoms with van der Waals surface area (Å²) in [6.45, 7) is 10.3. The lowest BCUT2D eigenvalue weighted by molar-refractivity contribution is -0.139. The van der Waals surface area contributed by atoms with Crippen LogP contribution in [0.2, 0.25) is 0 Å². The highest BCUT2D eigenvalue weighted by molar-refractivity contribution is 7.07. The molecule has 0 aliphatic carbocycles. The maximum Gasteiger partial charge on any atom is 0.338 e. The summed E-state index contributed by atoms with van der Waals surface area (Å²) in [6, 6.07) is 24.6. The van der Waals surface area contributed by atoms with Gasteiger partial charge in [-0.05, 0) is 92.4 Å². The fourth-order valence-corrected chi connectivity index (χ4v) is 7.09. The molecule has 1 aliphatic heterocycles. The van der Waals surface area contributed by atoms with Crippen molar-refractivity contribution in [3.63, 3.8) is 0 Å². The van der Waals surface area contributed by atoms with E-state index in [9.17, 15) is 9.59 Å². The molecule has 0 saturated carbocycles. The molecule has 5 aromatic rings. The summed E-state index contributed by atoms with van der Waals surface area (Å²) in [4.78, 5) is 32.8. The average Bonchev–Trinajstić information content (AvgIpc) is 3.40. The Morgan fingerprint density at radius 3 is 2.46 bits per heavy atom. The second kappa shape index (κ2) is 15.0. The van der Waals surface area contributed by atoms with E-state index >= 15 is 0 Å². The monoisotopic (exact) mass is 692 g/mol. The smallest absolute Gasteiger partial charge is 0.338 e. The molecule has 10 heteroatoms. The molecule has 0 amide bonds. The van der Waals surface area contributed by atoms with Gasteiger partial charge < -0.3 is 23.7 Å². The van der Waals surface area contributed by atoms with Crippen LogP contribution in [-0.4, -0.2) is 37.0 Å². The van der Waals surface area contributed by atoms with Gasteiger partial charge in [0.1, 0.15) is 6.61 Å². The number of thiazole rings is 1. The van der Waals surface area contributed by atoms with Crippen LogP contribution in [0.15, 0.2) is 99.9 Å². The molecule has 1 aliphatic rings. The van der Waals surface area contributed by atoms with E-state index in [1.54, 1.807) is 43.7 Å². The van der Waals surface area contributed by atoms with Crippen LogP contribution in [0.25, 0.3) is 16.8 Å². The van der Waals surface area contributed by atoms with Crippen molar-refractivity contribution in [2.75, 3.05) is 20.3 Å². The topological polar surface area (TPSA) is 97.6 Å². The molecule has 0 unspecified atom stereocenters. The summed E-state index contributed by atoms with van der Waals surface area (Å²) in [6.07, 6.45) is 1.74. The van der Waals surface area contributed by atoms with Crippen molar-refractivity contribution in [2.45, 2.75) is 53.4 Å². The van der Waals surface area contributed by atoms with Crippen molar-refractivity contribution >= 4 is 34.2 Å². The summed E-state index contributed by atoms with van der Waals surface area (Å²) < 4.78 is 31.3. The number of benzene rings is 4. The highest BCUT2D eigenvalue weighted by Crippen LogP contribution is 2.37. The SMILES string of the molecule is CCOC(=O)C1=C(C)N=c2s/c(=C\c3ccc(OCc4cccc5ccccc45)c(OCC)c3)c(=O)n2[C@@H]1c1ccc(OC(C)C)c(OC)c1. The number of methoxy groups -OCH3 is 1. The number of hydrogen-bond acceptors (Lipinski definition) is 9. The number of fused-ring (bicyclic) bond motifs is 2. The maximum atomic E-state index is 14.2. The van der Waals surface area contributed by atoms with Gasteiger partial charge in [-0.25, -0.2) is 9.79 Å². The van der Waals surface area contributed by atoms with Gasteiger partial charge in [0.15, 0.2) is 27.8 Å². The normalized spacial score (nSPS) is 14.4. The van der Waals surface area contributed by atoms with E-state index in [1.165, 1.54) is 11.3 Å². The molecule has 50 heavy (non-hydrogen) atoms. The van der Waals surface area contributed by atoms with Crippen LogP contribution < -0.4 is 33.8 Å². The van der Waals surface area contributed by atoms with Crippen LogP contribution in [0.1, 0.15) is 57.4 Å². The minimum Gasteiger partial charge on any atom is -0.493 e. The molecular weight excluding hydrogens is 653 g/mol. The van der Waals surface area contributed by atoms with Crippen LogP contribution in [0.3, 0.4) is 0 Å². The van der Waals surface area contributed by atoms with Crippen molar-refractivity contribution < 1.29 is 28.5 Å². The van der Waals surface area contributed by atoms with Crippen molar-refractivity contribution in [3.05, 3.63) is 127 Å². The molecule has 0 radical (unpaired) electrons. The molecule has 258 valence electrons. The van der Waals surface area contributed by atoms with E-state index in [2.05, 4.69) is 24.3 Å². The van der Waals surface area contributed by atoms with Crippen LogP contribution >= 0.6 is 11.3 Å². The predicted octanol–water partition coefficient (Wildman–Crippen LogP) is 6.73. The van der Waals surface area contributed by atoms with Crippen LogP contribution in [-0.2, 0) is 16.1 Å². The Balaban J connectivity index is 1.39. The third-order valence-corrected chi connectivity index (χ3v) is 9.19. The fraction of sp³-hybridized carbons (Fsp3) is 0.275. The molecule has 0 bridgehead atoms. The fourth-order valence-electron chi connectivity index (χ4n) is 6.04. The lowest BCUT2D eigenvalue weighted by Gasteiger charge is -2.25. The summed E-state index contributed by atoms with van der Waals surface area (Å²) >= 11 is 1.25. The van der Waals surface area contributed by atoms with Gasteiger partial charge >= 0.3 is 5.97 Å². The predicted molar refractivity (Wildman–Crippen MR) is 195 cm³/mol. The number of carbonyl (C=O) groups is 1.